The van der Waals surface area contributed by atoms with Crippen molar-refractivity contribution < 1.29 is 13.6 Å². The van der Waals surface area contributed by atoms with E-state index in [2.05, 4.69) is 53.1 Å². The van der Waals surface area contributed by atoms with E-state index < -0.39 is 6.67 Å². The number of halogens is 2. The Bertz CT molecular complexity index is 2030. The molecule has 11 heteroatoms. The third-order valence-electron chi connectivity index (χ3n) is 10.4. The number of hydrogen-bond donors (Lipinski definition) is 1. The first-order valence-electron chi connectivity index (χ1n) is 15.9. The normalized spacial score (nSPS) is 17.3. The summed E-state index contributed by atoms with van der Waals surface area (Å²) in [4.78, 5) is 23.8. The number of aromatic nitrogens is 5. The number of likely N-dealkylation sites (tertiary alicyclic amines) is 1. The monoisotopic (exact) mass is 626 g/mol. The van der Waals surface area contributed by atoms with Crippen molar-refractivity contribution in [3.05, 3.63) is 59.2 Å². The van der Waals surface area contributed by atoms with Crippen molar-refractivity contribution in [2.45, 2.75) is 52.1 Å². The topological polar surface area (TPSA) is 86.2 Å². The van der Waals surface area contributed by atoms with Crippen molar-refractivity contribution in [3.63, 3.8) is 0 Å². The van der Waals surface area contributed by atoms with Gasteiger partial charge in [-0.25, -0.2) is 13.8 Å². The zero-order valence-electron chi connectivity index (χ0n) is 27.3. The second-order valence-electron chi connectivity index (χ2n) is 13.5. The summed E-state index contributed by atoms with van der Waals surface area (Å²) in [5.41, 5.74) is 6.29. The van der Waals surface area contributed by atoms with Gasteiger partial charge in [0, 0.05) is 48.6 Å². The summed E-state index contributed by atoms with van der Waals surface area (Å²) in [7, 11) is 4.16. The van der Waals surface area contributed by atoms with Crippen molar-refractivity contribution in [1.82, 2.24) is 34.8 Å². The quantitative estimate of drug-likeness (QED) is 0.232. The van der Waals surface area contributed by atoms with Crippen LogP contribution in [0.25, 0.3) is 43.8 Å². The number of H-pyrrole nitrogens is 1. The number of amides is 1. The van der Waals surface area contributed by atoms with E-state index in [0.29, 0.717) is 37.0 Å². The van der Waals surface area contributed by atoms with Crippen LogP contribution >= 0.6 is 0 Å². The maximum absolute atomic E-state index is 17.2. The Labute approximate surface area is 266 Å². The minimum Gasteiger partial charge on any atom is -0.352 e. The van der Waals surface area contributed by atoms with Crippen LogP contribution in [0, 0.1) is 26.6 Å². The van der Waals surface area contributed by atoms with Gasteiger partial charge in [-0.1, -0.05) is 0 Å². The van der Waals surface area contributed by atoms with Crippen LogP contribution in [0.1, 0.15) is 42.5 Å². The van der Waals surface area contributed by atoms with E-state index in [0.717, 1.165) is 68.4 Å². The first kappa shape index (κ1) is 30.3. The number of hydrogen-bond acceptors (Lipinski definition) is 6. The number of benzene rings is 2. The molecule has 5 heterocycles. The standard InChI is InChI=1S/C35H40F2N8O/c1-20-15-27-25(16-38-41-27)30(22(20)3)29-21(2)14-24-32(31(29)37)40-34(44-18-35(4,19-44)42(5)6)26-17-39-45(33(24)26)23-9-12-43(13-10-23)28(46)8-7-11-36/h7-8,14-17,23H,9-13,18-19H2,1-6H3,(H,38,41)/b8-7+. The lowest BCUT2D eigenvalue weighted by Gasteiger charge is -2.52. The average Bonchev–Trinajstić information content (AvgIpc) is 3.67. The van der Waals surface area contributed by atoms with Crippen molar-refractivity contribution in [3.8, 4) is 11.1 Å². The Morgan fingerprint density at radius 3 is 2.50 bits per heavy atom. The van der Waals surface area contributed by atoms with Gasteiger partial charge in [-0.15, -0.1) is 0 Å². The number of pyridine rings is 1. The van der Waals surface area contributed by atoms with Gasteiger partial charge >= 0.3 is 0 Å². The first-order valence-corrected chi connectivity index (χ1v) is 15.9. The SMILES string of the molecule is Cc1cc2[nH]ncc2c(-c2c(C)cc3c(nc(N4CC(C)(N(C)C)C4)c4cnn(C5CCN(C(=O)/C=C/CF)CC5)c43)c2F)c1C. The molecular formula is C35H40F2N8O. The van der Waals surface area contributed by atoms with Crippen LogP contribution in [-0.4, -0.2) is 93.2 Å². The second-order valence-corrected chi connectivity index (χ2v) is 13.5. The number of likely N-dealkylation sites (N-methyl/N-ethyl adjacent to an activating group) is 1. The molecule has 1 N–H and O–H groups in total. The van der Waals surface area contributed by atoms with Gasteiger partial charge in [-0.05, 0) is 95.1 Å². The van der Waals surface area contributed by atoms with Gasteiger partial charge in [0.05, 0.1) is 40.4 Å². The van der Waals surface area contributed by atoms with Crippen LogP contribution in [0.5, 0.6) is 0 Å². The fraction of sp³-hybridized carbons (Fsp3) is 0.429. The number of aryl methyl sites for hydroxylation is 2. The summed E-state index contributed by atoms with van der Waals surface area (Å²) in [6.45, 7) is 10.2. The van der Waals surface area contributed by atoms with Crippen molar-refractivity contribution >= 4 is 44.4 Å². The number of allylic oxidation sites excluding steroid dienone is 1. The number of piperidine rings is 1. The number of fused-ring (bicyclic) bond motifs is 4. The van der Waals surface area contributed by atoms with Gasteiger partial charge in [-0.3, -0.25) is 14.6 Å². The smallest absolute Gasteiger partial charge is 0.246 e. The summed E-state index contributed by atoms with van der Waals surface area (Å²) in [6.07, 6.45) is 7.56. The molecule has 2 aromatic carbocycles. The highest BCUT2D eigenvalue weighted by atomic mass is 19.1. The third kappa shape index (κ3) is 4.66. The maximum atomic E-state index is 17.2. The Balaban J connectivity index is 1.40. The first-order chi connectivity index (χ1) is 22.0. The summed E-state index contributed by atoms with van der Waals surface area (Å²) >= 11 is 0. The molecule has 46 heavy (non-hydrogen) atoms. The van der Waals surface area contributed by atoms with Crippen molar-refractivity contribution in [2.24, 2.45) is 0 Å². The number of carbonyl (C=O) groups excluding carboxylic acids is 1. The molecule has 0 spiro atoms. The van der Waals surface area contributed by atoms with Gasteiger partial charge in [-0.2, -0.15) is 10.2 Å². The van der Waals surface area contributed by atoms with Gasteiger partial charge in [0.1, 0.15) is 18.0 Å². The number of anilines is 1. The molecule has 2 fully saturated rings. The molecule has 2 aliphatic rings. The zero-order chi connectivity index (χ0) is 32.5. The largest absolute Gasteiger partial charge is 0.352 e. The van der Waals surface area contributed by atoms with Crippen molar-refractivity contribution in [2.75, 3.05) is 51.8 Å². The van der Waals surface area contributed by atoms with E-state index in [1.807, 2.05) is 31.6 Å². The zero-order valence-corrected chi connectivity index (χ0v) is 27.3. The molecule has 240 valence electrons. The minimum atomic E-state index is -0.663. The molecule has 0 radical (unpaired) electrons. The molecule has 0 unspecified atom stereocenters. The van der Waals surface area contributed by atoms with E-state index in [1.54, 1.807) is 11.1 Å². The number of carbonyl (C=O) groups is 1. The highest BCUT2D eigenvalue weighted by Gasteiger charge is 2.42. The lowest BCUT2D eigenvalue weighted by molar-refractivity contribution is -0.127. The molecule has 7 rings (SSSR count). The second kappa shape index (κ2) is 11.2. The fourth-order valence-corrected chi connectivity index (χ4v) is 7.28. The van der Waals surface area contributed by atoms with Gasteiger partial charge in [0.15, 0.2) is 5.82 Å². The number of nitrogens with one attached hydrogen (secondary N) is 1. The average molecular weight is 627 g/mol. The minimum absolute atomic E-state index is 0.0150. The Morgan fingerprint density at radius 2 is 1.80 bits per heavy atom. The predicted molar refractivity (Wildman–Crippen MR) is 179 cm³/mol. The summed E-state index contributed by atoms with van der Waals surface area (Å²) < 4.78 is 31.9. The molecule has 1 amide bonds. The molecule has 0 aliphatic carbocycles. The van der Waals surface area contributed by atoms with E-state index in [9.17, 15) is 9.18 Å². The summed E-state index contributed by atoms with van der Waals surface area (Å²) in [5.74, 6) is 0.210. The highest BCUT2D eigenvalue weighted by molar-refractivity contribution is 6.11. The van der Waals surface area contributed by atoms with Crippen LogP contribution in [0.3, 0.4) is 0 Å². The van der Waals surface area contributed by atoms with Gasteiger partial charge in [0.25, 0.3) is 0 Å². The van der Waals surface area contributed by atoms with Crippen LogP contribution in [0.15, 0.2) is 36.7 Å². The third-order valence-corrected chi connectivity index (χ3v) is 10.4. The van der Waals surface area contributed by atoms with Gasteiger partial charge < -0.3 is 14.7 Å². The number of alkyl halides is 1. The molecule has 2 aliphatic heterocycles. The molecule has 2 saturated heterocycles. The maximum Gasteiger partial charge on any atom is 0.246 e. The highest BCUT2D eigenvalue weighted by Crippen LogP contribution is 2.44. The van der Waals surface area contributed by atoms with Crippen molar-refractivity contribution in [1.29, 1.82) is 0 Å². The lowest BCUT2D eigenvalue weighted by atomic mass is 9.89. The van der Waals surface area contributed by atoms with Gasteiger partial charge in [0.2, 0.25) is 5.91 Å². The lowest BCUT2D eigenvalue weighted by Crippen LogP contribution is -2.67. The molecule has 3 aromatic heterocycles. The van der Waals surface area contributed by atoms with Crippen LogP contribution < -0.4 is 4.90 Å². The molecule has 0 atom stereocenters. The summed E-state index contributed by atoms with van der Waals surface area (Å²) in [6, 6.07) is 4.12. The summed E-state index contributed by atoms with van der Waals surface area (Å²) in [5, 5.41) is 14.7. The number of nitrogens with zero attached hydrogens (tertiary/aromatic N) is 7. The van der Waals surface area contributed by atoms with Crippen LogP contribution in [-0.2, 0) is 4.79 Å². The molecular weight excluding hydrogens is 586 g/mol. The van der Waals surface area contributed by atoms with E-state index in [1.165, 1.54) is 12.2 Å². The number of aromatic amines is 1. The Kier molecular flexibility index (Phi) is 7.34. The van der Waals surface area contributed by atoms with Crippen LogP contribution in [0.2, 0.25) is 0 Å². The molecule has 9 nitrogen and oxygen atoms in total. The molecule has 0 bridgehead atoms. The van der Waals surface area contributed by atoms with E-state index in [4.69, 9.17) is 10.1 Å². The molecule has 5 aromatic rings. The Morgan fingerprint density at radius 1 is 1.07 bits per heavy atom. The predicted octanol–water partition coefficient (Wildman–Crippen LogP) is 6.02. The number of rotatable bonds is 6. The van der Waals surface area contributed by atoms with Crippen LogP contribution in [0.4, 0.5) is 14.6 Å². The van der Waals surface area contributed by atoms with E-state index >= 15 is 4.39 Å². The fourth-order valence-electron chi connectivity index (χ4n) is 7.28. The van der Waals surface area contributed by atoms with E-state index in [-0.39, 0.29) is 23.3 Å². The molecule has 0 saturated carbocycles. The Hall–Kier alpha value is -4.38.